The van der Waals surface area contributed by atoms with Crippen LogP contribution in [-0.4, -0.2) is 36.2 Å². The highest BCUT2D eigenvalue weighted by Gasteiger charge is 2.10. The van der Waals surface area contributed by atoms with Crippen LogP contribution in [0.1, 0.15) is 29.5 Å². The van der Waals surface area contributed by atoms with E-state index in [9.17, 15) is 0 Å². The van der Waals surface area contributed by atoms with Crippen molar-refractivity contribution in [3.8, 4) is 0 Å². The van der Waals surface area contributed by atoms with Gasteiger partial charge in [-0.25, -0.2) is 0 Å². The molecule has 0 bridgehead atoms. The minimum atomic E-state index is 0. The summed E-state index contributed by atoms with van der Waals surface area (Å²) in [5, 5.41) is 8.07. The van der Waals surface area contributed by atoms with E-state index >= 15 is 0 Å². The van der Waals surface area contributed by atoms with Gasteiger partial charge in [0.05, 0.1) is 5.69 Å². The Labute approximate surface area is 171 Å². The Morgan fingerprint density at radius 3 is 2.52 bits per heavy atom. The van der Waals surface area contributed by atoms with Crippen LogP contribution in [0.4, 0.5) is 0 Å². The fourth-order valence-corrected chi connectivity index (χ4v) is 2.67. The summed E-state index contributed by atoms with van der Waals surface area (Å²) in [6.45, 7) is 8.27. The maximum Gasteiger partial charge on any atom is 0.193 e. The molecule has 1 N–H and O–H groups in total. The molecular formula is C18H26ClIN4O. The molecule has 1 aromatic carbocycles. The third-order valence-electron chi connectivity index (χ3n) is 3.83. The molecule has 0 amide bonds. The number of guanidine groups is 1. The van der Waals surface area contributed by atoms with E-state index in [2.05, 4.69) is 22.3 Å². The Morgan fingerprint density at radius 2 is 1.96 bits per heavy atom. The lowest BCUT2D eigenvalue weighted by atomic mass is 10.1. The molecular weight excluding hydrogens is 451 g/mol. The number of aryl methyl sites for hydroxylation is 2. The summed E-state index contributed by atoms with van der Waals surface area (Å²) in [6, 6.07) is 7.89. The van der Waals surface area contributed by atoms with Crippen LogP contribution in [0, 0.1) is 13.8 Å². The SMILES string of the molecule is CCNC(=NCCc1c(C)noc1C)N(C)Cc1ccc(Cl)cc1.I. The summed E-state index contributed by atoms with van der Waals surface area (Å²) >= 11 is 5.94. The Morgan fingerprint density at radius 1 is 1.28 bits per heavy atom. The van der Waals surface area contributed by atoms with Crippen molar-refractivity contribution in [2.45, 2.75) is 33.7 Å². The molecule has 5 nitrogen and oxygen atoms in total. The highest BCUT2D eigenvalue weighted by molar-refractivity contribution is 14.0. The van der Waals surface area contributed by atoms with Gasteiger partial charge in [-0.1, -0.05) is 28.9 Å². The second kappa shape index (κ2) is 10.7. The lowest BCUT2D eigenvalue weighted by Gasteiger charge is -2.22. The normalized spacial score (nSPS) is 11.2. The van der Waals surface area contributed by atoms with E-state index in [1.54, 1.807) is 0 Å². The molecule has 1 aromatic heterocycles. The molecule has 0 aliphatic heterocycles. The lowest BCUT2D eigenvalue weighted by molar-refractivity contribution is 0.392. The third-order valence-corrected chi connectivity index (χ3v) is 4.09. The molecule has 138 valence electrons. The van der Waals surface area contributed by atoms with Crippen LogP contribution in [-0.2, 0) is 13.0 Å². The van der Waals surface area contributed by atoms with Crippen LogP contribution in [0.3, 0.4) is 0 Å². The van der Waals surface area contributed by atoms with Gasteiger partial charge in [0.15, 0.2) is 5.96 Å². The predicted molar refractivity (Wildman–Crippen MR) is 114 cm³/mol. The number of nitrogens with zero attached hydrogens (tertiary/aromatic N) is 3. The molecule has 7 heteroatoms. The van der Waals surface area contributed by atoms with Crippen molar-refractivity contribution in [3.63, 3.8) is 0 Å². The van der Waals surface area contributed by atoms with Crippen LogP contribution in [0.2, 0.25) is 5.02 Å². The van der Waals surface area contributed by atoms with Gasteiger partial charge in [-0.2, -0.15) is 0 Å². The zero-order chi connectivity index (χ0) is 17.5. The summed E-state index contributed by atoms with van der Waals surface area (Å²) in [6.07, 6.45) is 0.824. The molecule has 2 aromatic rings. The second-order valence-corrected chi connectivity index (χ2v) is 6.21. The molecule has 0 aliphatic carbocycles. The lowest BCUT2D eigenvalue weighted by Crippen LogP contribution is -2.38. The molecule has 0 spiro atoms. The number of halogens is 2. The van der Waals surface area contributed by atoms with E-state index in [4.69, 9.17) is 21.1 Å². The largest absolute Gasteiger partial charge is 0.361 e. The van der Waals surface area contributed by atoms with Crippen molar-refractivity contribution in [2.24, 2.45) is 4.99 Å². The summed E-state index contributed by atoms with van der Waals surface area (Å²) in [4.78, 5) is 6.83. The van der Waals surface area contributed by atoms with Gasteiger partial charge in [-0.05, 0) is 44.9 Å². The van der Waals surface area contributed by atoms with E-state index in [-0.39, 0.29) is 24.0 Å². The Hall–Kier alpha value is -1.28. The molecule has 0 saturated carbocycles. The van der Waals surface area contributed by atoms with Gasteiger partial charge < -0.3 is 14.7 Å². The van der Waals surface area contributed by atoms with Gasteiger partial charge in [0.25, 0.3) is 0 Å². The maximum atomic E-state index is 5.94. The second-order valence-electron chi connectivity index (χ2n) is 5.77. The van der Waals surface area contributed by atoms with E-state index in [1.165, 1.54) is 5.56 Å². The van der Waals surface area contributed by atoms with Gasteiger partial charge in [0.1, 0.15) is 5.76 Å². The summed E-state index contributed by atoms with van der Waals surface area (Å²) in [5.74, 6) is 1.77. The van der Waals surface area contributed by atoms with E-state index < -0.39 is 0 Å². The number of rotatable bonds is 6. The molecule has 2 rings (SSSR count). The van der Waals surface area contributed by atoms with Crippen LogP contribution in [0.15, 0.2) is 33.8 Å². The zero-order valence-corrected chi connectivity index (χ0v) is 18.3. The number of benzene rings is 1. The first-order valence-electron chi connectivity index (χ1n) is 8.17. The molecule has 0 saturated heterocycles. The van der Waals surface area contributed by atoms with E-state index in [0.29, 0.717) is 6.54 Å². The van der Waals surface area contributed by atoms with Gasteiger partial charge >= 0.3 is 0 Å². The van der Waals surface area contributed by atoms with E-state index in [0.717, 1.165) is 47.5 Å². The van der Waals surface area contributed by atoms with Crippen molar-refractivity contribution in [2.75, 3.05) is 20.1 Å². The smallest absolute Gasteiger partial charge is 0.193 e. The minimum Gasteiger partial charge on any atom is -0.361 e. The Balaban J connectivity index is 0.00000312. The molecule has 0 unspecified atom stereocenters. The fraction of sp³-hybridized carbons (Fsp3) is 0.444. The van der Waals surface area contributed by atoms with Gasteiger partial charge in [-0.3, -0.25) is 4.99 Å². The number of aromatic nitrogens is 1. The number of hydrogen-bond donors (Lipinski definition) is 1. The average Bonchev–Trinajstić information content (AvgIpc) is 2.88. The molecule has 0 fully saturated rings. The number of hydrogen-bond acceptors (Lipinski definition) is 3. The summed E-state index contributed by atoms with van der Waals surface area (Å²) < 4.78 is 5.20. The van der Waals surface area contributed by atoms with Gasteiger partial charge in [0.2, 0.25) is 0 Å². The quantitative estimate of drug-likeness (QED) is 0.386. The van der Waals surface area contributed by atoms with E-state index in [1.807, 2.05) is 45.2 Å². The summed E-state index contributed by atoms with van der Waals surface area (Å²) in [5.41, 5.74) is 3.29. The topological polar surface area (TPSA) is 53.7 Å². The van der Waals surface area contributed by atoms with Crippen molar-refractivity contribution in [3.05, 3.63) is 51.9 Å². The van der Waals surface area contributed by atoms with Gasteiger partial charge in [-0.15, -0.1) is 24.0 Å². The average molecular weight is 477 g/mol. The minimum absolute atomic E-state index is 0. The molecule has 0 aliphatic rings. The van der Waals surface area contributed by atoms with Crippen molar-refractivity contribution < 1.29 is 4.52 Å². The number of aliphatic imine (C=N–C) groups is 1. The third kappa shape index (κ3) is 6.51. The fourth-order valence-electron chi connectivity index (χ4n) is 2.54. The first-order valence-corrected chi connectivity index (χ1v) is 8.54. The molecule has 0 atom stereocenters. The molecule has 25 heavy (non-hydrogen) atoms. The summed E-state index contributed by atoms with van der Waals surface area (Å²) in [7, 11) is 2.03. The predicted octanol–water partition coefficient (Wildman–Crippen LogP) is 4.20. The first-order chi connectivity index (χ1) is 11.5. The zero-order valence-electron chi connectivity index (χ0n) is 15.2. The molecule has 1 heterocycles. The Bertz CT molecular complexity index is 665. The van der Waals surface area contributed by atoms with Gasteiger partial charge in [0, 0.05) is 37.3 Å². The first kappa shape index (κ1) is 21.8. The van der Waals surface area contributed by atoms with Crippen LogP contribution in [0.25, 0.3) is 0 Å². The molecule has 0 radical (unpaired) electrons. The maximum absolute atomic E-state index is 5.94. The highest BCUT2D eigenvalue weighted by Crippen LogP contribution is 2.13. The van der Waals surface area contributed by atoms with Crippen molar-refractivity contribution in [1.82, 2.24) is 15.4 Å². The van der Waals surface area contributed by atoms with Crippen molar-refractivity contribution in [1.29, 1.82) is 0 Å². The standard InChI is InChI=1S/C18H25ClN4O.HI/c1-5-20-18(21-11-10-17-13(2)22-24-14(17)3)23(4)12-15-6-8-16(19)9-7-15;/h6-9H,5,10-12H2,1-4H3,(H,20,21);1H. The monoisotopic (exact) mass is 476 g/mol. The van der Waals surface area contributed by atoms with Crippen LogP contribution >= 0.6 is 35.6 Å². The van der Waals surface area contributed by atoms with Crippen LogP contribution < -0.4 is 5.32 Å². The Kier molecular flexibility index (Phi) is 9.27. The van der Waals surface area contributed by atoms with Crippen LogP contribution in [0.5, 0.6) is 0 Å². The van der Waals surface area contributed by atoms with Crippen molar-refractivity contribution >= 4 is 41.5 Å². The highest BCUT2D eigenvalue weighted by atomic mass is 127. The number of nitrogens with one attached hydrogen (secondary N) is 1.